The first-order chi connectivity index (χ1) is 5.36. The van der Waals surface area contributed by atoms with Gasteiger partial charge in [0.2, 0.25) is 5.95 Å². The predicted molar refractivity (Wildman–Crippen MR) is 41.0 cm³/mol. The highest BCUT2D eigenvalue weighted by Gasteiger charge is 2.15. The van der Waals surface area contributed by atoms with Crippen LogP contribution in [0.3, 0.4) is 0 Å². The van der Waals surface area contributed by atoms with Crippen LogP contribution in [0.1, 0.15) is 6.42 Å². The maximum atomic E-state index is 12.6. The number of pyridine rings is 1. The molecule has 11 heavy (non-hydrogen) atoms. The normalized spacial score (nSPS) is 16.3. The Balaban J connectivity index is 2.23. The Morgan fingerprint density at radius 3 is 2.73 bits per heavy atom. The zero-order valence-electron chi connectivity index (χ0n) is 6.13. The molecule has 1 saturated heterocycles. The summed E-state index contributed by atoms with van der Waals surface area (Å²) < 4.78 is 12.6. The number of anilines is 1. The van der Waals surface area contributed by atoms with Gasteiger partial charge in [-0.05, 0) is 18.6 Å². The topological polar surface area (TPSA) is 16.1 Å². The van der Waals surface area contributed by atoms with E-state index in [9.17, 15) is 4.39 Å². The van der Waals surface area contributed by atoms with Crippen LogP contribution in [0.15, 0.2) is 18.2 Å². The van der Waals surface area contributed by atoms with Crippen LogP contribution < -0.4 is 4.90 Å². The van der Waals surface area contributed by atoms with Crippen LogP contribution in [0.25, 0.3) is 0 Å². The highest BCUT2D eigenvalue weighted by molar-refractivity contribution is 5.40. The Morgan fingerprint density at radius 1 is 1.36 bits per heavy atom. The maximum Gasteiger partial charge on any atom is 0.214 e. The van der Waals surface area contributed by atoms with E-state index in [1.807, 2.05) is 6.07 Å². The SMILES string of the molecule is Fc1cccc(N2CCC2)n1. The van der Waals surface area contributed by atoms with Crippen molar-refractivity contribution >= 4 is 5.82 Å². The van der Waals surface area contributed by atoms with E-state index in [2.05, 4.69) is 9.88 Å². The second-order valence-electron chi connectivity index (χ2n) is 2.66. The molecule has 0 bridgehead atoms. The highest BCUT2D eigenvalue weighted by Crippen LogP contribution is 2.16. The summed E-state index contributed by atoms with van der Waals surface area (Å²) in [7, 11) is 0. The molecule has 2 nitrogen and oxygen atoms in total. The summed E-state index contributed by atoms with van der Waals surface area (Å²) in [4.78, 5) is 5.81. The molecule has 0 aliphatic carbocycles. The zero-order chi connectivity index (χ0) is 7.68. The minimum atomic E-state index is -0.394. The van der Waals surface area contributed by atoms with Crippen LogP contribution in [0, 0.1) is 5.95 Å². The lowest BCUT2D eigenvalue weighted by Crippen LogP contribution is -2.37. The quantitative estimate of drug-likeness (QED) is 0.566. The molecule has 0 aromatic carbocycles. The van der Waals surface area contributed by atoms with Crippen molar-refractivity contribution in [3.8, 4) is 0 Å². The van der Waals surface area contributed by atoms with Crippen LogP contribution in [0.4, 0.5) is 10.2 Å². The van der Waals surface area contributed by atoms with E-state index in [4.69, 9.17) is 0 Å². The van der Waals surface area contributed by atoms with Gasteiger partial charge in [0.1, 0.15) is 5.82 Å². The van der Waals surface area contributed by atoms with E-state index in [1.165, 1.54) is 12.5 Å². The minimum absolute atomic E-state index is 0.394. The summed E-state index contributed by atoms with van der Waals surface area (Å²) in [6.07, 6.45) is 1.19. The van der Waals surface area contributed by atoms with E-state index >= 15 is 0 Å². The van der Waals surface area contributed by atoms with Crippen LogP contribution in [0.2, 0.25) is 0 Å². The van der Waals surface area contributed by atoms with Gasteiger partial charge < -0.3 is 4.90 Å². The summed E-state index contributed by atoms with van der Waals surface area (Å²) in [6.45, 7) is 2.02. The van der Waals surface area contributed by atoms with Gasteiger partial charge in [-0.2, -0.15) is 4.39 Å². The molecule has 0 saturated carbocycles. The number of hydrogen-bond acceptors (Lipinski definition) is 2. The Morgan fingerprint density at radius 2 is 2.18 bits per heavy atom. The first kappa shape index (κ1) is 6.58. The van der Waals surface area contributed by atoms with Gasteiger partial charge in [-0.25, -0.2) is 4.98 Å². The van der Waals surface area contributed by atoms with Crippen LogP contribution in [-0.4, -0.2) is 18.1 Å². The molecule has 0 radical (unpaired) electrons. The second kappa shape index (κ2) is 2.49. The molecule has 58 valence electrons. The molecule has 0 spiro atoms. The summed E-state index contributed by atoms with van der Waals surface area (Å²) in [5.41, 5.74) is 0. The molecule has 3 heteroatoms. The van der Waals surface area contributed by atoms with Gasteiger partial charge >= 0.3 is 0 Å². The average Bonchev–Trinajstić information content (AvgIpc) is 1.83. The Hall–Kier alpha value is -1.12. The molecule has 1 fully saturated rings. The number of rotatable bonds is 1. The molecule has 2 rings (SSSR count). The number of nitrogens with zero attached hydrogens (tertiary/aromatic N) is 2. The minimum Gasteiger partial charge on any atom is -0.356 e. The molecular weight excluding hydrogens is 143 g/mol. The van der Waals surface area contributed by atoms with Crippen molar-refractivity contribution in [3.05, 3.63) is 24.1 Å². The van der Waals surface area contributed by atoms with Crippen LogP contribution in [-0.2, 0) is 0 Å². The molecule has 1 aromatic rings. The lowest BCUT2D eigenvalue weighted by Gasteiger charge is -2.31. The monoisotopic (exact) mass is 152 g/mol. The molecule has 1 aliphatic rings. The van der Waals surface area contributed by atoms with Gasteiger partial charge in [-0.1, -0.05) is 6.07 Å². The van der Waals surface area contributed by atoms with Crippen molar-refractivity contribution < 1.29 is 4.39 Å². The van der Waals surface area contributed by atoms with Crippen molar-refractivity contribution in [1.29, 1.82) is 0 Å². The number of halogens is 1. The smallest absolute Gasteiger partial charge is 0.214 e. The van der Waals surface area contributed by atoms with E-state index in [-0.39, 0.29) is 0 Å². The Kier molecular flexibility index (Phi) is 1.49. The molecule has 0 N–H and O–H groups in total. The highest BCUT2D eigenvalue weighted by atomic mass is 19.1. The summed E-state index contributed by atoms with van der Waals surface area (Å²) in [5.74, 6) is 0.366. The Labute approximate surface area is 64.7 Å². The first-order valence-electron chi connectivity index (χ1n) is 3.74. The number of aromatic nitrogens is 1. The summed E-state index contributed by atoms with van der Waals surface area (Å²) >= 11 is 0. The second-order valence-corrected chi connectivity index (χ2v) is 2.66. The van der Waals surface area contributed by atoms with Gasteiger partial charge in [0, 0.05) is 13.1 Å². The fraction of sp³-hybridized carbons (Fsp3) is 0.375. The van der Waals surface area contributed by atoms with Gasteiger partial charge in [0.15, 0.2) is 0 Å². The summed E-state index contributed by atoms with van der Waals surface area (Å²) in [5, 5.41) is 0. The maximum absolute atomic E-state index is 12.6. The van der Waals surface area contributed by atoms with Crippen molar-refractivity contribution in [3.63, 3.8) is 0 Å². The predicted octanol–water partition coefficient (Wildman–Crippen LogP) is 1.43. The average molecular weight is 152 g/mol. The fourth-order valence-corrected chi connectivity index (χ4v) is 1.12. The zero-order valence-corrected chi connectivity index (χ0v) is 6.13. The van der Waals surface area contributed by atoms with Crippen molar-refractivity contribution in [1.82, 2.24) is 4.98 Å². The van der Waals surface area contributed by atoms with Crippen molar-refractivity contribution in [2.75, 3.05) is 18.0 Å². The Bertz CT molecular complexity index is 258. The van der Waals surface area contributed by atoms with E-state index < -0.39 is 5.95 Å². The molecular formula is C8H9FN2. The van der Waals surface area contributed by atoms with Crippen LogP contribution >= 0.6 is 0 Å². The lowest BCUT2D eigenvalue weighted by molar-refractivity contribution is 0.563. The standard InChI is InChI=1S/C8H9FN2/c9-7-3-1-4-8(10-7)11-5-2-6-11/h1,3-4H,2,5-6H2. The third kappa shape index (κ3) is 1.18. The first-order valence-corrected chi connectivity index (χ1v) is 3.74. The van der Waals surface area contributed by atoms with Crippen LogP contribution in [0.5, 0.6) is 0 Å². The third-order valence-electron chi connectivity index (χ3n) is 1.88. The largest absolute Gasteiger partial charge is 0.356 e. The van der Waals surface area contributed by atoms with Gasteiger partial charge in [0.05, 0.1) is 0 Å². The number of hydrogen-bond donors (Lipinski definition) is 0. The third-order valence-corrected chi connectivity index (χ3v) is 1.88. The van der Waals surface area contributed by atoms with E-state index in [0.717, 1.165) is 18.9 Å². The van der Waals surface area contributed by atoms with E-state index in [1.54, 1.807) is 6.07 Å². The summed E-state index contributed by atoms with van der Waals surface area (Å²) in [6, 6.07) is 4.89. The molecule has 0 unspecified atom stereocenters. The molecule has 0 atom stereocenters. The molecule has 1 aliphatic heterocycles. The van der Waals surface area contributed by atoms with Crippen molar-refractivity contribution in [2.45, 2.75) is 6.42 Å². The van der Waals surface area contributed by atoms with Gasteiger partial charge in [-0.15, -0.1) is 0 Å². The fourth-order valence-electron chi connectivity index (χ4n) is 1.12. The lowest BCUT2D eigenvalue weighted by atomic mass is 10.2. The molecule has 1 aromatic heterocycles. The molecule has 2 heterocycles. The van der Waals surface area contributed by atoms with E-state index in [0.29, 0.717) is 0 Å². The van der Waals surface area contributed by atoms with Gasteiger partial charge in [0.25, 0.3) is 0 Å². The van der Waals surface area contributed by atoms with Crippen molar-refractivity contribution in [2.24, 2.45) is 0 Å². The van der Waals surface area contributed by atoms with Gasteiger partial charge in [-0.3, -0.25) is 0 Å². The molecule has 0 amide bonds.